The first kappa shape index (κ1) is 23.2. The van der Waals surface area contributed by atoms with Crippen molar-refractivity contribution in [3.05, 3.63) is 59.5 Å². The van der Waals surface area contributed by atoms with Gasteiger partial charge in [-0.3, -0.25) is 9.78 Å². The Morgan fingerprint density at radius 3 is 2.94 bits per heavy atom. The van der Waals surface area contributed by atoms with E-state index in [1.807, 2.05) is 12.3 Å². The molecule has 182 valence electrons. The number of anilines is 2. The third kappa shape index (κ3) is 4.69. The highest BCUT2D eigenvalue weighted by Gasteiger charge is 2.35. The van der Waals surface area contributed by atoms with Crippen LogP contribution in [0.25, 0.3) is 11.3 Å². The van der Waals surface area contributed by atoms with Gasteiger partial charge in [0.1, 0.15) is 5.75 Å². The molecule has 1 aliphatic heterocycles. The van der Waals surface area contributed by atoms with Gasteiger partial charge in [-0.1, -0.05) is 6.92 Å². The molecule has 0 saturated carbocycles. The third-order valence-corrected chi connectivity index (χ3v) is 6.81. The van der Waals surface area contributed by atoms with Crippen molar-refractivity contribution < 1.29 is 19.4 Å². The van der Waals surface area contributed by atoms with Crippen molar-refractivity contribution >= 4 is 17.5 Å². The van der Waals surface area contributed by atoms with E-state index in [-0.39, 0.29) is 24.0 Å². The van der Waals surface area contributed by atoms with Gasteiger partial charge in [-0.2, -0.15) is 0 Å². The number of hydrogen-bond donors (Lipinski definition) is 3. The van der Waals surface area contributed by atoms with Crippen molar-refractivity contribution in [3.8, 4) is 17.0 Å². The number of amides is 1. The van der Waals surface area contributed by atoms with Gasteiger partial charge in [-0.25, -0.2) is 9.97 Å². The van der Waals surface area contributed by atoms with Crippen LogP contribution in [-0.2, 0) is 16.6 Å². The van der Waals surface area contributed by atoms with E-state index < -0.39 is 0 Å². The van der Waals surface area contributed by atoms with Crippen molar-refractivity contribution in [1.82, 2.24) is 20.3 Å². The summed E-state index contributed by atoms with van der Waals surface area (Å²) in [7, 11) is 1.55. The van der Waals surface area contributed by atoms with Crippen LogP contribution < -0.4 is 15.4 Å². The van der Waals surface area contributed by atoms with Gasteiger partial charge in [0.2, 0.25) is 5.95 Å². The second kappa shape index (κ2) is 9.59. The van der Waals surface area contributed by atoms with Gasteiger partial charge in [0.05, 0.1) is 37.7 Å². The fraction of sp³-hybridized carbons (Fsp3) is 0.385. The first-order chi connectivity index (χ1) is 17.0. The SMILES string of the molecule is COc1cc(C(=O)NC2CCOC2)ccc1Nc1nccc(-c2cnc3c(c2)C(C)(CO)CC3)n1. The molecule has 2 atom stereocenters. The molecule has 5 rings (SSSR count). The number of methoxy groups -OCH3 is 1. The van der Waals surface area contributed by atoms with Crippen LogP contribution in [0, 0.1) is 0 Å². The molecule has 3 aromatic rings. The lowest BCUT2D eigenvalue weighted by Gasteiger charge is -2.22. The lowest BCUT2D eigenvalue weighted by Crippen LogP contribution is -2.34. The van der Waals surface area contributed by atoms with Gasteiger partial charge in [-0.05, 0) is 55.2 Å². The Balaban J connectivity index is 1.36. The predicted octanol–water partition coefficient (Wildman–Crippen LogP) is 3.01. The molecular formula is C26H29N5O4. The fourth-order valence-electron chi connectivity index (χ4n) is 4.60. The molecule has 3 N–H and O–H groups in total. The van der Waals surface area contributed by atoms with E-state index >= 15 is 0 Å². The number of rotatable bonds is 7. The summed E-state index contributed by atoms with van der Waals surface area (Å²) in [6.45, 7) is 3.35. The van der Waals surface area contributed by atoms with Gasteiger partial charge in [0, 0.05) is 41.2 Å². The van der Waals surface area contributed by atoms with Crippen LogP contribution in [-0.4, -0.2) is 58.9 Å². The highest BCUT2D eigenvalue weighted by Crippen LogP contribution is 2.39. The van der Waals surface area contributed by atoms with E-state index in [0.29, 0.717) is 36.2 Å². The van der Waals surface area contributed by atoms with Crippen molar-refractivity contribution in [2.45, 2.75) is 37.6 Å². The number of fused-ring (bicyclic) bond motifs is 1. The molecule has 1 fully saturated rings. The minimum absolute atomic E-state index is 0.0337. The number of benzene rings is 1. The molecule has 9 heteroatoms. The number of aliphatic hydroxyl groups is 1. The van der Waals surface area contributed by atoms with Crippen LogP contribution in [0.15, 0.2) is 42.7 Å². The minimum Gasteiger partial charge on any atom is -0.495 e. The summed E-state index contributed by atoms with van der Waals surface area (Å²) in [5, 5.41) is 16.1. The van der Waals surface area contributed by atoms with Crippen LogP contribution in [0.3, 0.4) is 0 Å². The number of ether oxygens (including phenoxy) is 2. The molecule has 2 aromatic heterocycles. The Bertz CT molecular complexity index is 1240. The maximum Gasteiger partial charge on any atom is 0.251 e. The molecule has 0 spiro atoms. The monoisotopic (exact) mass is 475 g/mol. The summed E-state index contributed by atoms with van der Waals surface area (Å²) < 4.78 is 10.8. The summed E-state index contributed by atoms with van der Waals surface area (Å²) in [6.07, 6.45) is 6.06. The van der Waals surface area contributed by atoms with E-state index in [1.165, 1.54) is 0 Å². The highest BCUT2D eigenvalue weighted by atomic mass is 16.5. The summed E-state index contributed by atoms with van der Waals surface area (Å²) in [5.41, 5.74) is 4.57. The average Bonchev–Trinajstić information content (AvgIpc) is 3.52. The minimum atomic E-state index is -0.279. The van der Waals surface area contributed by atoms with Crippen LogP contribution in [0.5, 0.6) is 5.75 Å². The first-order valence-electron chi connectivity index (χ1n) is 11.8. The average molecular weight is 476 g/mol. The molecule has 0 bridgehead atoms. The zero-order valence-electron chi connectivity index (χ0n) is 19.9. The third-order valence-electron chi connectivity index (χ3n) is 6.81. The van der Waals surface area contributed by atoms with Crippen LogP contribution in [0.4, 0.5) is 11.6 Å². The zero-order chi connectivity index (χ0) is 24.4. The number of nitrogens with zero attached hydrogens (tertiary/aromatic N) is 3. The van der Waals surface area contributed by atoms with Crippen LogP contribution in [0.1, 0.15) is 41.4 Å². The van der Waals surface area contributed by atoms with E-state index in [9.17, 15) is 9.90 Å². The Morgan fingerprint density at radius 2 is 2.17 bits per heavy atom. The van der Waals surface area contributed by atoms with E-state index in [4.69, 9.17) is 9.47 Å². The molecule has 2 aliphatic rings. The highest BCUT2D eigenvalue weighted by molar-refractivity contribution is 5.95. The summed E-state index contributed by atoms with van der Waals surface area (Å²) in [4.78, 5) is 26.2. The fourth-order valence-corrected chi connectivity index (χ4v) is 4.60. The van der Waals surface area contributed by atoms with Crippen LogP contribution in [0.2, 0.25) is 0 Å². The molecule has 3 heterocycles. The van der Waals surface area contributed by atoms with Crippen molar-refractivity contribution in [3.63, 3.8) is 0 Å². The number of carbonyl (C=O) groups is 1. The van der Waals surface area contributed by atoms with Gasteiger partial charge >= 0.3 is 0 Å². The number of aliphatic hydroxyl groups excluding tert-OH is 1. The number of aromatic nitrogens is 3. The maximum absolute atomic E-state index is 12.6. The topological polar surface area (TPSA) is 118 Å². The summed E-state index contributed by atoms with van der Waals surface area (Å²) in [6, 6.07) is 9.14. The zero-order valence-corrected chi connectivity index (χ0v) is 19.9. The van der Waals surface area contributed by atoms with E-state index in [1.54, 1.807) is 31.5 Å². The number of aryl methyl sites for hydroxylation is 1. The summed E-state index contributed by atoms with van der Waals surface area (Å²) >= 11 is 0. The molecule has 0 radical (unpaired) electrons. The van der Waals surface area contributed by atoms with Crippen molar-refractivity contribution in [1.29, 1.82) is 0 Å². The normalized spacial score (nSPS) is 20.9. The Labute approximate surface area is 203 Å². The summed E-state index contributed by atoms with van der Waals surface area (Å²) in [5.74, 6) is 0.737. The molecule has 2 unspecified atom stereocenters. The molecule has 1 aromatic carbocycles. The van der Waals surface area contributed by atoms with E-state index in [2.05, 4.69) is 38.6 Å². The first-order valence-corrected chi connectivity index (χ1v) is 11.8. The molecule has 1 saturated heterocycles. The van der Waals surface area contributed by atoms with Gasteiger partial charge in [-0.15, -0.1) is 0 Å². The molecule has 1 amide bonds. The number of nitrogens with one attached hydrogen (secondary N) is 2. The largest absolute Gasteiger partial charge is 0.495 e. The van der Waals surface area contributed by atoms with Gasteiger partial charge < -0.3 is 25.2 Å². The second-order valence-electron chi connectivity index (χ2n) is 9.28. The number of carbonyl (C=O) groups excluding carboxylic acids is 1. The van der Waals surface area contributed by atoms with E-state index in [0.717, 1.165) is 41.8 Å². The van der Waals surface area contributed by atoms with Gasteiger partial charge in [0.25, 0.3) is 5.91 Å². The van der Waals surface area contributed by atoms with Crippen LogP contribution >= 0.6 is 0 Å². The second-order valence-corrected chi connectivity index (χ2v) is 9.28. The number of pyridine rings is 1. The van der Waals surface area contributed by atoms with Gasteiger partial charge in [0.15, 0.2) is 0 Å². The predicted molar refractivity (Wildman–Crippen MR) is 131 cm³/mol. The lowest BCUT2D eigenvalue weighted by atomic mass is 9.85. The number of hydrogen-bond acceptors (Lipinski definition) is 8. The van der Waals surface area contributed by atoms with Crippen molar-refractivity contribution in [2.75, 3.05) is 32.2 Å². The Kier molecular flexibility index (Phi) is 6.36. The molecule has 35 heavy (non-hydrogen) atoms. The quantitative estimate of drug-likeness (QED) is 0.477. The smallest absolute Gasteiger partial charge is 0.251 e. The standard InChI is InChI=1S/C26H29N5O4/c1-26(15-32)8-5-21-19(26)11-17(13-28-21)20-6-9-27-25(30-20)31-22-4-3-16(12-23(22)34-2)24(33)29-18-7-10-35-14-18/h3-4,6,9,11-13,18,32H,5,7-8,10,14-15H2,1-2H3,(H,29,33)(H,27,30,31). The Morgan fingerprint density at radius 1 is 1.29 bits per heavy atom. The molecule has 1 aliphatic carbocycles. The Hall–Kier alpha value is -3.56. The molecule has 9 nitrogen and oxygen atoms in total. The maximum atomic E-state index is 12.6. The lowest BCUT2D eigenvalue weighted by molar-refractivity contribution is 0.0929. The van der Waals surface area contributed by atoms with Crippen molar-refractivity contribution in [2.24, 2.45) is 0 Å². The molecular weight excluding hydrogens is 446 g/mol.